The Hall–Kier alpha value is -2.59. The van der Waals surface area contributed by atoms with Crippen LogP contribution in [-0.2, 0) is 10.9 Å². The van der Waals surface area contributed by atoms with Crippen LogP contribution in [0.4, 0.5) is 30.5 Å². The Balaban J connectivity index is 1.44. The van der Waals surface area contributed by atoms with E-state index in [-0.39, 0.29) is 24.5 Å². The monoisotopic (exact) mass is 451 g/mol. The van der Waals surface area contributed by atoms with Crippen molar-refractivity contribution < 1.29 is 22.6 Å². The number of nitrogens with two attached hydrogens (primary N) is 1. The lowest BCUT2D eigenvalue weighted by atomic mass is 9.87. The number of hydrogen-bond acceptors (Lipinski definition) is 7. The molecule has 10 heteroatoms. The molecule has 0 amide bonds. The van der Waals surface area contributed by atoms with Crippen molar-refractivity contribution in [1.29, 1.82) is 0 Å². The minimum absolute atomic E-state index is 0.0535. The van der Waals surface area contributed by atoms with Gasteiger partial charge in [0.1, 0.15) is 5.56 Å². The summed E-state index contributed by atoms with van der Waals surface area (Å²) in [4.78, 5) is 10.1. The van der Waals surface area contributed by atoms with Crippen molar-refractivity contribution in [2.24, 2.45) is 11.7 Å². The smallest absolute Gasteiger partial charge is 0.423 e. The number of halogens is 3. The molecule has 1 saturated heterocycles. The first-order chi connectivity index (χ1) is 15.4. The summed E-state index contributed by atoms with van der Waals surface area (Å²) in [6, 6.07) is 7.75. The molecule has 1 saturated carbocycles. The molecule has 1 aliphatic heterocycles. The average Bonchev–Trinajstić information content (AvgIpc) is 2.79. The van der Waals surface area contributed by atoms with Gasteiger partial charge in [-0.05, 0) is 55.9 Å². The standard InChI is InChI=1S/C22H28F3N5O2/c23-22(24,25)19-13-27-21(29-20(19)32-14-15-1-3-16(26)4-2-15)28-17-5-7-18(8-6-17)30-9-11-31-12-10-30/h5-8,13,15-16H,1-4,9-12,14,26H2,(H,27,28,29). The SMILES string of the molecule is NC1CCC(COc2nc(Nc3ccc(N4CCOCC4)cc3)ncc2C(F)(F)F)CC1. The number of hydrogen-bond donors (Lipinski definition) is 2. The van der Waals surface area contributed by atoms with Crippen LogP contribution in [0, 0.1) is 5.92 Å². The Bertz CT molecular complexity index is 880. The molecule has 0 radical (unpaired) electrons. The van der Waals surface area contributed by atoms with E-state index in [1.54, 1.807) is 0 Å². The third kappa shape index (κ3) is 5.80. The zero-order chi connectivity index (χ0) is 22.6. The first-order valence-electron chi connectivity index (χ1n) is 10.9. The fourth-order valence-corrected chi connectivity index (χ4v) is 3.99. The number of morpholine rings is 1. The number of alkyl halides is 3. The van der Waals surface area contributed by atoms with E-state index in [4.69, 9.17) is 15.2 Å². The number of anilines is 3. The van der Waals surface area contributed by atoms with Crippen molar-refractivity contribution in [1.82, 2.24) is 9.97 Å². The predicted molar refractivity (Wildman–Crippen MR) is 115 cm³/mol. The average molecular weight is 451 g/mol. The summed E-state index contributed by atoms with van der Waals surface area (Å²) in [6.45, 7) is 3.21. The van der Waals surface area contributed by atoms with E-state index < -0.39 is 17.6 Å². The maximum Gasteiger partial charge on any atom is 0.423 e. The zero-order valence-electron chi connectivity index (χ0n) is 17.8. The molecule has 7 nitrogen and oxygen atoms in total. The number of nitrogens with one attached hydrogen (secondary N) is 1. The maximum atomic E-state index is 13.4. The maximum absolute atomic E-state index is 13.4. The normalized spacial score (nSPS) is 21.9. The lowest BCUT2D eigenvalue weighted by molar-refractivity contribution is -0.139. The molecule has 1 aromatic carbocycles. The van der Waals surface area contributed by atoms with Gasteiger partial charge < -0.3 is 25.4 Å². The summed E-state index contributed by atoms with van der Waals surface area (Å²) in [5.74, 6) is -0.220. The summed E-state index contributed by atoms with van der Waals surface area (Å²) in [5, 5.41) is 2.97. The van der Waals surface area contributed by atoms with E-state index in [9.17, 15) is 13.2 Å². The van der Waals surface area contributed by atoms with Crippen LogP contribution in [0.2, 0.25) is 0 Å². The Morgan fingerprint density at radius 3 is 2.44 bits per heavy atom. The highest BCUT2D eigenvalue weighted by atomic mass is 19.4. The van der Waals surface area contributed by atoms with Crippen molar-refractivity contribution in [2.45, 2.75) is 37.9 Å². The van der Waals surface area contributed by atoms with Gasteiger partial charge in [-0.2, -0.15) is 18.2 Å². The van der Waals surface area contributed by atoms with Gasteiger partial charge in [-0.15, -0.1) is 0 Å². The van der Waals surface area contributed by atoms with Gasteiger partial charge in [-0.3, -0.25) is 0 Å². The van der Waals surface area contributed by atoms with Crippen molar-refractivity contribution in [3.05, 3.63) is 36.0 Å². The van der Waals surface area contributed by atoms with Crippen LogP contribution in [0.3, 0.4) is 0 Å². The van der Waals surface area contributed by atoms with Crippen LogP contribution in [0.15, 0.2) is 30.5 Å². The molecule has 1 aliphatic carbocycles. The molecule has 2 aliphatic rings. The Morgan fingerprint density at radius 2 is 1.78 bits per heavy atom. The first-order valence-corrected chi connectivity index (χ1v) is 10.9. The van der Waals surface area contributed by atoms with Gasteiger partial charge in [0.25, 0.3) is 0 Å². The summed E-state index contributed by atoms with van der Waals surface area (Å²) < 4.78 is 51.2. The number of aromatic nitrogens is 2. The lowest BCUT2D eigenvalue weighted by Crippen LogP contribution is -2.36. The summed E-state index contributed by atoms with van der Waals surface area (Å²) in [5.41, 5.74) is 6.66. The fourth-order valence-electron chi connectivity index (χ4n) is 3.99. The molecule has 0 bridgehead atoms. The molecule has 174 valence electrons. The van der Waals surface area contributed by atoms with Crippen molar-refractivity contribution in [3.8, 4) is 5.88 Å². The highest BCUT2D eigenvalue weighted by molar-refractivity contribution is 5.59. The number of ether oxygens (including phenoxy) is 2. The summed E-state index contributed by atoms with van der Waals surface area (Å²) >= 11 is 0. The van der Waals surface area contributed by atoms with Gasteiger partial charge in [0.15, 0.2) is 0 Å². The molecule has 1 aromatic heterocycles. The molecule has 2 heterocycles. The molecule has 0 unspecified atom stereocenters. The molecule has 2 fully saturated rings. The van der Waals surface area contributed by atoms with Crippen molar-refractivity contribution in [2.75, 3.05) is 43.1 Å². The Kier molecular flexibility index (Phi) is 7.00. The number of nitrogens with zero attached hydrogens (tertiary/aromatic N) is 3. The van der Waals surface area contributed by atoms with E-state index in [1.807, 2.05) is 24.3 Å². The van der Waals surface area contributed by atoms with Crippen LogP contribution in [0.25, 0.3) is 0 Å². The first kappa shape index (κ1) is 22.6. The Labute approximate surface area is 185 Å². The highest BCUT2D eigenvalue weighted by Gasteiger charge is 2.36. The highest BCUT2D eigenvalue weighted by Crippen LogP contribution is 2.36. The quantitative estimate of drug-likeness (QED) is 0.687. The topological polar surface area (TPSA) is 85.5 Å². The van der Waals surface area contributed by atoms with Gasteiger partial charge >= 0.3 is 6.18 Å². The molecule has 4 rings (SSSR count). The van der Waals surface area contributed by atoms with E-state index in [0.717, 1.165) is 50.7 Å². The van der Waals surface area contributed by atoms with Gasteiger partial charge in [0, 0.05) is 36.7 Å². The number of rotatable bonds is 6. The lowest BCUT2D eigenvalue weighted by Gasteiger charge is -2.28. The van der Waals surface area contributed by atoms with Gasteiger partial charge in [0.2, 0.25) is 11.8 Å². The van der Waals surface area contributed by atoms with E-state index in [2.05, 4.69) is 20.2 Å². The minimum Gasteiger partial charge on any atom is -0.477 e. The van der Waals surface area contributed by atoms with Crippen LogP contribution in [-0.4, -0.2) is 48.9 Å². The van der Waals surface area contributed by atoms with Crippen LogP contribution in [0.1, 0.15) is 31.2 Å². The molecule has 32 heavy (non-hydrogen) atoms. The Morgan fingerprint density at radius 1 is 1.09 bits per heavy atom. The third-order valence-electron chi connectivity index (χ3n) is 5.91. The van der Waals surface area contributed by atoms with Crippen LogP contribution in [0.5, 0.6) is 5.88 Å². The van der Waals surface area contributed by atoms with Gasteiger partial charge in [0.05, 0.1) is 19.8 Å². The zero-order valence-corrected chi connectivity index (χ0v) is 17.8. The third-order valence-corrected chi connectivity index (χ3v) is 5.91. The minimum atomic E-state index is -4.59. The van der Waals surface area contributed by atoms with Crippen LogP contribution >= 0.6 is 0 Å². The second kappa shape index (κ2) is 9.91. The molecule has 2 aromatic rings. The van der Waals surface area contributed by atoms with Crippen molar-refractivity contribution in [3.63, 3.8) is 0 Å². The molecule has 0 spiro atoms. The second-order valence-electron chi connectivity index (χ2n) is 8.27. The summed E-state index contributed by atoms with van der Waals surface area (Å²) in [7, 11) is 0. The predicted octanol–water partition coefficient (Wildman–Crippen LogP) is 3.97. The van der Waals surface area contributed by atoms with Crippen molar-refractivity contribution >= 4 is 17.3 Å². The largest absolute Gasteiger partial charge is 0.477 e. The molecular weight excluding hydrogens is 423 g/mol. The van der Waals surface area contributed by atoms with E-state index in [0.29, 0.717) is 18.9 Å². The fraction of sp³-hybridized carbons (Fsp3) is 0.545. The summed E-state index contributed by atoms with van der Waals surface area (Å²) in [6.07, 6.45) is -0.428. The van der Waals surface area contributed by atoms with E-state index in [1.165, 1.54) is 0 Å². The van der Waals surface area contributed by atoms with Gasteiger partial charge in [-0.25, -0.2) is 4.98 Å². The molecule has 3 N–H and O–H groups in total. The van der Waals surface area contributed by atoms with Gasteiger partial charge in [-0.1, -0.05) is 0 Å². The van der Waals surface area contributed by atoms with E-state index >= 15 is 0 Å². The molecular formula is C22H28F3N5O2. The second-order valence-corrected chi connectivity index (χ2v) is 8.27. The number of benzene rings is 1. The molecule has 0 atom stereocenters. The van der Waals surface area contributed by atoms with Crippen LogP contribution < -0.4 is 20.7 Å².